The predicted molar refractivity (Wildman–Crippen MR) is 111 cm³/mol. The van der Waals surface area contributed by atoms with Gasteiger partial charge in [-0.15, -0.1) is 10.2 Å². The predicted octanol–water partition coefficient (Wildman–Crippen LogP) is 2.34. The summed E-state index contributed by atoms with van der Waals surface area (Å²) >= 11 is 0. The molecule has 5 rings (SSSR count). The van der Waals surface area contributed by atoms with Crippen LogP contribution >= 0.6 is 0 Å². The highest BCUT2D eigenvalue weighted by Crippen LogP contribution is 2.35. The monoisotopic (exact) mass is 404 g/mol. The minimum Gasteiger partial charge on any atom is -0.338 e. The van der Waals surface area contributed by atoms with Crippen molar-refractivity contribution >= 4 is 5.91 Å². The molecule has 0 spiro atoms. The van der Waals surface area contributed by atoms with Crippen molar-refractivity contribution in [3.63, 3.8) is 0 Å². The van der Waals surface area contributed by atoms with E-state index in [4.69, 9.17) is 0 Å². The molecule has 2 bridgehead atoms. The van der Waals surface area contributed by atoms with Crippen molar-refractivity contribution in [2.45, 2.75) is 38.8 Å². The Morgan fingerprint density at radius 1 is 1.07 bits per heavy atom. The van der Waals surface area contributed by atoms with Gasteiger partial charge in [0.15, 0.2) is 0 Å². The average Bonchev–Trinajstić information content (AvgIpc) is 3.25. The van der Waals surface area contributed by atoms with E-state index in [1.165, 1.54) is 0 Å². The van der Waals surface area contributed by atoms with Gasteiger partial charge in [-0.3, -0.25) is 9.59 Å². The van der Waals surface area contributed by atoms with Gasteiger partial charge in [0.2, 0.25) is 5.82 Å². The van der Waals surface area contributed by atoms with Crippen molar-refractivity contribution in [1.29, 1.82) is 0 Å². The van der Waals surface area contributed by atoms with Crippen LogP contribution in [0.1, 0.15) is 48.3 Å². The molecule has 0 aliphatic carbocycles. The zero-order chi connectivity index (χ0) is 20.8. The molecule has 2 aromatic heterocycles. The van der Waals surface area contributed by atoms with Crippen LogP contribution in [-0.4, -0.2) is 48.7 Å². The molecule has 8 heteroatoms. The Morgan fingerprint density at radius 3 is 2.60 bits per heavy atom. The maximum Gasteiger partial charge on any atom is 0.253 e. The molecule has 2 atom stereocenters. The molecule has 1 aromatic carbocycles. The molecule has 1 amide bonds. The van der Waals surface area contributed by atoms with Crippen molar-refractivity contribution < 1.29 is 4.79 Å². The van der Waals surface area contributed by atoms with Crippen LogP contribution in [0.3, 0.4) is 0 Å². The van der Waals surface area contributed by atoms with Crippen LogP contribution in [0.2, 0.25) is 0 Å². The summed E-state index contributed by atoms with van der Waals surface area (Å²) in [6.45, 7) is 6.00. The number of hydrogen-bond acceptors (Lipinski definition) is 5. The highest BCUT2D eigenvalue weighted by molar-refractivity contribution is 5.94. The Kier molecular flexibility index (Phi) is 4.49. The van der Waals surface area contributed by atoms with Crippen LogP contribution < -0.4 is 5.56 Å². The van der Waals surface area contributed by atoms with E-state index in [1.807, 2.05) is 59.7 Å². The third-order valence-corrected chi connectivity index (χ3v) is 6.05. The number of hydrogen-bond donors (Lipinski definition) is 0. The largest absolute Gasteiger partial charge is 0.338 e. The summed E-state index contributed by atoms with van der Waals surface area (Å²) in [5.41, 5.74) is 2.59. The molecule has 0 saturated carbocycles. The summed E-state index contributed by atoms with van der Waals surface area (Å²) in [6.07, 6.45) is 1.03. The zero-order valence-electron chi connectivity index (χ0n) is 17.1. The number of pyridine rings is 1. The second-order valence-corrected chi connectivity index (χ2v) is 8.51. The fourth-order valence-corrected chi connectivity index (χ4v) is 4.57. The van der Waals surface area contributed by atoms with Gasteiger partial charge < -0.3 is 9.47 Å². The highest BCUT2D eigenvalue weighted by Gasteiger charge is 2.36. The number of rotatable bonds is 3. The summed E-state index contributed by atoms with van der Waals surface area (Å²) < 4.78 is 1.88. The molecular weight excluding hydrogens is 380 g/mol. The first-order valence-corrected chi connectivity index (χ1v) is 10.4. The Bertz CT molecular complexity index is 1150. The smallest absolute Gasteiger partial charge is 0.253 e. The van der Waals surface area contributed by atoms with Crippen molar-refractivity contribution in [2.75, 3.05) is 13.1 Å². The van der Waals surface area contributed by atoms with Crippen LogP contribution in [0.5, 0.6) is 0 Å². The van der Waals surface area contributed by atoms with E-state index in [1.54, 1.807) is 10.9 Å². The number of carbonyl (C=O) groups excluding carboxylic acids is 1. The van der Waals surface area contributed by atoms with Crippen LogP contribution in [-0.2, 0) is 6.54 Å². The van der Waals surface area contributed by atoms with Gasteiger partial charge in [-0.2, -0.15) is 4.80 Å². The van der Waals surface area contributed by atoms with Crippen LogP contribution in [0, 0.1) is 5.92 Å². The molecule has 1 saturated heterocycles. The van der Waals surface area contributed by atoms with Gasteiger partial charge in [0.05, 0.1) is 6.04 Å². The molecule has 0 radical (unpaired) electrons. The lowest BCUT2D eigenvalue weighted by molar-refractivity contribution is 0.0594. The number of fused-ring (bicyclic) bond motifs is 4. The van der Waals surface area contributed by atoms with Gasteiger partial charge >= 0.3 is 0 Å². The number of nitrogens with zero attached hydrogens (tertiary/aromatic N) is 6. The zero-order valence-corrected chi connectivity index (χ0v) is 17.1. The molecule has 2 aliphatic rings. The lowest BCUT2D eigenvalue weighted by Crippen LogP contribution is -2.49. The number of aromatic nitrogens is 5. The van der Waals surface area contributed by atoms with Gasteiger partial charge in [0.25, 0.3) is 11.5 Å². The number of benzene rings is 1. The maximum atomic E-state index is 13.2. The summed E-state index contributed by atoms with van der Waals surface area (Å²) in [4.78, 5) is 28.9. The third-order valence-electron chi connectivity index (χ3n) is 6.05. The minimum atomic E-state index is 0.0294. The summed E-state index contributed by atoms with van der Waals surface area (Å²) in [5.74, 6) is 1.11. The molecule has 30 heavy (non-hydrogen) atoms. The summed E-state index contributed by atoms with van der Waals surface area (Å²) in [7, 11) is 0. The van der Waals surface area contributed by atoms with E-state index in [-0.39, 0.29) is 23.4 Å². The van der Waals surface area contributed by atoms with Gasteiger partial charge in [-0.05, 0) is 49.6 Å². The second-order valence-electron chi connectivity index (χ2n) is 8.51. The Balaban J connectivity index is 1.35. The van der Waals surface area contributed by atoms with Crippen molar-refractivity contribution in [2.24, 2.45) is 5.92 Å². The molecule has 0 N–H and O–H groups in total. The Hall–Kier alpha value is -3.29. The molecule has 2 aliphatic heterocycles. The minimum absolute atomic E-state index is 0.0294. The molecule has 3 aromatic rings. The molecular formula is C22H24N6O2. The topological polar surface area (TPSA) is 85.9 Å². The second kappa shape index (κ2) is 7.19. The first-order valence-electron chi connectivity index (χ1n) is 10.4. The quantitative estimate of drug-likeness (QED) is 0.669. The van der Waals surface area contributed by atoms with Crippen molar-refractivity contribution in [3.8, 4) is 11.4 Å². The SMILES string of the molecule is CC(C)n1nnc(-c2ccc(C(=O)N3C[C@H]4C[C@@H](C3)c3cccc(=O)n3C4)cc2)n1. The average molecular weight is 404 g/mol. The third kappa shape index (κ3) is 3.22. The fraction of sp³-hybridized carbons (Fsp3) is 0.409. The molecule has 1 fully saturated rings. The highest BCUT2D eigenvalue weighted by atomic mass is 16.2. The van der Waals surface area contributed by atoms with Crippen LogP contribution in [0.15, 0.2) is 47.3 Å². The number of tetrazole rings is 1. The van der Waals surface area contributed by atoms with Crippen LogP contribution in [0.25, 0.3) is 11.4 Å². The fourth-order valence-electron chi connectivity index (χ4n) is 4.57. The van der Waals surface area contributed by atoms with Crippen molar-refractivity contribution in [1.82, 2.24) is 29.7 Å². The molecule has 4 heterocycles. The van der Waals surface area contributed by atoms with Crippen LogP contribution in [0.4, 0.5) is 0 Å². The molecule has 0 unspecified atom stereocenters. The lowest BCUT2D eigenvalue weighted by Gasteiger charge is -2.42. The number of likely N-dealkylation sites (tertiary alicyclic amines) is 1. The molecule has 154 valence electrons. The van der Waals surface area contributed by atoms with Gasteiger partial charge in [-0.1, -0.05) is 18.2 Å². The van der Waals surface area contributed by atoms with E-state index in [2.05, 4.69) is 15.4 Å². The number of piperidine rings is 1. The normalized spacial score (nSPS) is 20.3. The van der Waals surface area contributed by atoms with E-state index in [0.29, 0.717) is 36.9 Å². The van der Waals surface area contributed by atoms with Gasteiger partial charge in [-0.25, -0.2) is 0 Å². The maximum absolute atomic E-state index is 13.2. The van der Waals surface area contributed by atoms with E-state index >= 15 is 0 Å². The lowest BCUT2D eigenvalue weighted by atomic mass is 9.83. The van der Waals surface area contributed by atoms with E-state index in [9.17, 15) is 9.59 Å². The van der Waals surface area contributed by atoms with Crippen molar-refractivity contribution in [3.05, 3.63) is 64.1 Å². The van der Waals surface area contributed by atoms with Gasteiger partial charge in [0.1, 0.15) is 0 Å². The first-order chi connectivity index (χ1) is 14.5. The van der Waals surface area contributed by atoms with Gasteiger partial charge in [0, 0.05) is 48.4 Å². The Morgan fingerprint density at radius 2 is 1.87 bits per heavy atom. The van der Waals surface area contributed by atoms with E-state index in [0.717, 1.165) is 17.7 Å². The number of carbonyl (C=O) groups is 1. The summed E-state index contributed by atoms with van der Waals surface area (Å²) in [5, 5.41) is 12.5. The first kappa shape index (κ1) is 18.7. The summed E-state index contributed by atoms with van der Waals surface area (Å²) in [6, 6.07) is 13.0. The molecule has 8 nitrogen and oxygen atoms in total. The number of amides is 1. The standard InChI is InChI=1S/C22H24N6O2/c1-14(2)28-24-21(23-25-28)16-6-8-17(9-7-16)22(30)26-11-15-10-18(13-26)19-4-3-5-20(29)27(19)12-15/h3-9,14-15,18H,10-13H2,1-2H3/t15-,18+/m1/s1. The van der Waals surface area contributed by atoms with E-state index < -0.39 is 0 Å². The Labute approximate surface area is 174 Å².